The Morgan fingerprint density at radius 1 is 1.47 bits per heavy atom. The fourth-order valence-corrected chi connectivity index (χ4v) is 3.18. The number of carbonyl (C=O) groups is 1. The Balaban J connectivity index is 2.11. The molecule has 106 valence electrons. The van der Waals surface area contributed by atoms with Crippen LogP contribution in [0.25, 0.3) is 0 Å². The molecule has 0 radical (unpaired) electrons. The van der Waals surface area contributed by atoms with E-state index in [1.165, 1.54) is 11.3 Å². The van der Waals surface area contributed by atoms with Gasteiger partial charge in [0.25, 0.3) is 0 Å². The standard InChI is InChI=1S/C13H21N3O2S/c1-9-10(2)19-12(15-9)16-11(17)13(8-18-3)4-6-14-7-5-13/h14H,4-8H2,1-3H3,(H,15,16,17). The molecule has 0 bridgehead atoms. The van der Waals surface area contributed by atoms with Gasteiger partial charge in [0, 0.05) is 12.0 Å². The average molecular weight is 283 g/mol. The number of amides is 1. The first-order chi connectivity index (χ1) is 9.07. The third kappa shape index (κ3) is 3.13. The fourth-order valence-electron chi connectivity index (χ4n) is 2.37. The van der Waals surface area contributed by atoms with E-state index in [-0.39, 0.29) is 5.91 Å². The van der Waals surface area contributed by atoms with Crippen LogP contribution in [0.4, 0.5) is 5.13 Å². The van der Waals surface area contributed by atoms with Gasteiger partial charge in [0.15, 0.2) is 5.13 Å². The summed E-state index contributed by atoms with van der Waals surface area (Å²) >= 11 is 1.52. The van der Waals surface area contributed by atoms with Gasteiger partial charge in [-0.05, 0) is 39.8 Å². The van der Waals surface area contributed by atoms with Gasteiger partial charge in [-0.25, -0.2) is 4.98 Å². The molecule has 0 saturated carbocycles. The molecule has 2 heterocycles. The molecule has 5 nitrogen and oxygen atoms in total. The minimum atomic E-state index is -0.423. The largest absolute Gasteiger partial charge is 0.384 e. The Labute approximate surface area is 117 Å². The predicted molar refractivity (Wildman–Crippen MR) is 76.6 cm³/mol. The highest BCUT2D eigenvalue weighted by atomic mass is 32.1. The lowest BCUT2D eigenvalue weighted by molar-refractivity contribution is -0.130. The second kappa shape index (κ2) is 5.98. The van der Waals surface area contributed by atoms with E-state index >= 15 is 0 Å². The average Bonchev–Trinajstić information content (AvgIpc) is 2.69. The first kappa shape index (κ1) is 14.4. The molecular weight excluding hydrogens is 262 g/mol. The predicted octanol–water partition coefficient (Wildman–Crippen LogP) is 1.71. The van der Waals surface area contributed by atoms with Crippen molar-refractivity contribution in [2.45, 2.75) is 26.7 Å². The van der Waals surface area contributed by atoms with Crippen molar-refractivity contribution in [2.24, 2.45) is 5.41 Å². The minimum absolute atomic E-state index is 0.0320. The van der Waals surface area contributed by atoms with Crippen LogP contribution < -0.4 is 10.6 Å². The summed E-state index contributed by atoms with van der Waals surface area (Å²) in [6, 6.07) is 0. The van der Waals surface area contributed by atoms with Crippen molar-refractivity contribution >= 4 is 22.4 Å². The Morgan fingerprint density at radius 2 is 2.16 bits per heavy atom. The van der Waals surface area contributed by atoms with Crippen LogP contribution in [0.5, 0.6) is 0 Å². The quantitative estimate of drug-likeness (QED) is 0.883. The van der Waals surface area contributed by atoms with Gasteiger partial charge in [-0.15, -0.1) is 11.3 Å². The summed E-state index contributed by atoms with van der Waals surface area (Å²) in [7, 11) is 1.65. The summed E-state index contributed by atoms with van der Waals surface area (Å²) < 4.78 is 5.27. The second-order valence-electron chi connectivity index (χ2n) is 5.08. The normalized spacial score (nSPS) is 18.3. The van der Waals surface area contributed by atoms with Crippen LogP contribution in [-0.2, 0) is 9.53 Å². The summed E-state index contributed by atoms with van der Waals surface area (Å²) in [5.74, 6) is 0.0320. The highest BCUT2D eigenvalue weighted by molar-refractivity contribution is 7.15. The van der Waals surface area contributed by atoms with E-state index in [0.717, 1.165) is 36.5 Å². The molecule has 0 atom stereocenters. The van der Waals surface area contributed by atoms with Crippen LogP contribution in [0.2, 0.25) is 0 Å². The Bertz CT molecular complexity index is 428. The summed E-state index contributed by atoms with van der Waals surface area (Å²) in [5, 5.41) is 6.93. The van der Waals surface area contributed by atoms with Crippen molar-refractivity contribution in [1.29, 1.82) is 0 Å². The van der Waals surface area contributed by atoms with Gasteiger partial charge in [0.1, 0.15) is 0 Å². The molecule has 1 aliphatic heterocycles. The number of ether oxygens (including phenoxy) is 1. The molecule has 0 spiro atoms. The van der Waals surface area contributed by atoms with Crippen molar-refractivity contribution < 1.29 is 9.53 Å². The third-order valence-electron chi connectivity index (χ3n) is 3.71. The van der Waals surface area contributed by atoms with E-state index < -0.39 is 5.41 Å². The number of carbonyl (C=O) groups excluding carboxylic acids is 1. The monoisotopic (exact) mass is 283 g/mol. The zero-order chi connectivity index (χ0) is 13.9. The molecule has 2 rings (SSSR count). The Morgan fingerprint density at radius 3 is 2.68 bits per heavy atom. The second-order valence-corrected chi connectivity index (χ2v) is 6.28. The molecule has 1 aliphatic rings. The molecule has 1 aromatic rings. The lowest BCUT2D eigenvalue weighted by atomic mass is 9.79. The summed E-state index contributed by atoms with van der Waals surface area (Å²) in [4.78, 5) is 18.1. The van der Waals surface area contributed by atoms with Crippen LogP contribution >= 0.6 is 11.3 Å². The van der Waals surface area contributed by atoms with Gasteiger partial charge in [0.05, 0.1) is 17.7 Å². The van der Waals surface area contributed by atoms with Crippen LogP contribution in [0.1, 0.15) is 23.4 Å². The molecule has 1 saturated heterocycles. The summed E-state index contributed by atoms with van der Waals surface area (Å²) in [6.45, 7) is 6.14. The minimum Gasteiger partial charge on any atom is -0.384 e. The van der Waals surface area contributed by atoms with E-state index in [0.29, 0.717) is 11.7 Å². The van der Waals surface area contributed by atoms with Gasteiger partial charge >= 0.3 is 0 Å². The number of methoxy groups -OCH3 is 1. The van der Waals surface area contributed by atoms with Crippen molar-refractivity contribution in [3.8, 4) is 0 Å². The van der Waals surface area contributed by atoms with Gasteiger partial charge in [-0.2, -0.15) is 0 Å². The molecule has 1 amide bonds. The molecular formula is C13H21N3O2S. The number of anilines is 1. The number of nitrogens with zero attached hydrogens (tertiary/aromatic N) is 1. The lowest BCUT2D eigenvalue weighted by Crippen LogP contribution is -2.47. The van der Waals surface area contributed by atoms with Gasteiger partial charge in [-0.3, -0.25) is 4.79 Å². The molecule has 19 heavy (non-hydrogen) atoms. The van der Waals surface area contributed by atoms with Gasteiger partial charge < -0.3 is 15.4 Å². The molecule has 0 aromatic carbocycles. The highest BCUT2D eigenvalue weighted by Gasteiger charge is 2.40. The van der Waals surface area contributed by atoms with E-state index in [1.54, 1.807) is 7.11 Å². The number of rotatable bonds is 4. The number of aryl methyl sites for hydroxylation is 2. The van der Waals surface area contributed by atoms with Gasteiger partial charge in [0.2, 0.25) is 5.91 Å². The maximum absolute atomic E-state index is 12.5. The Kier molecular flexibility index (Phi) is 4.54. The molecule has 1 aromatic heterocycles. The van der Waals surface area contributed by atoms with Crippen molar-refractivity contribution in [3.05, 3.63) is 10.6 Å². The van der Waals surface area contributed by atoms with Crippen LogP contribution in [0.3, 0.4) is 0 Å². The zero-order valence-electron chi connectivity index (χ0n) is 11.7. The SMILES string of the molecule is COCC1(C(=O)Nc2nc(C)c(C)s2)CCNCC1. The van der Waals surface area contributed by atoms with Crippen molar-refractivity contribution in [3.63, 3.8) is 0 Å². The topological polar surface area (TPSA) is 63.2 Å². The maximum atomic E-state index is 12.5. The van der Waals surface area contributed by atoms with E-state index in [1.807, 2.05) is 13.8 Å². The fraction of sp³-hybridized carbons (Fsp3) is 0.692. The maximum Gasteiger partial charge on any atom is 0.234 e. The van der Waals surface area contributed by atoms with Crippen molar-refractivity contribution in [2.75, 3.05) is 32.1 Å². The van der Waals surface area contributed by atoms with Crippen LogP contribution in [0, 0.1) is 19.3 Å². The first-order valence-electron chi connectivity index (χ1n) is 6.52. The number of aromatic nitrogens is 1. The smallest absolute Gasteiger partial charge is 0.234 e. The van der Waals surface area contributed by atoms with E-state index in [2.05, 4.69) is 15.6 Å². The van der Waals surface area contributed by atoms with Crippen LogP contribution in [0.15, 0.2) is 0 Å². The van der Waals surface area contributed by atoms with Crippen LogP contribution in [-0.4, -0.2) is 37.7 Å². The third-order valence-corrected chi connectivity index (χ3v) is 4.70. The Hall–Kier alpha value is -0.980. The number of piperidine rings is 1. The number of hydrogen-bond acceptors (Lipinski definition) is 5. The number of nitrogens with one attached hydrogen (secondary N) is 2. The summed E-state index contributed by atoms with van der Waals surface area (Å²) in [5.41, 5.74) is 0.555. The molecule has 6 heteroatoms. The summed E-state index contributed by atoms with van der Waals surface area (Å²) in [6.07, 6.45) is 1.60. The van der Waals surface area contributed by atoms with Crippen molar-refractivity contribution in [1.82, 2.24) is 10.3 Å². The van der Waals surface area contributed by atoms with E-state index in [4.69, 9.17) is 4.74 Å². The molecule has 1 fully saturated rings. The molecule has 0 aliphatic carbocycles. The molecule has 2 N–H and O–H groups in total. The number of hydrogen-bond donors (Lipinski definition) is 2. The van der Waals surface area contributed by atoms with E-state index in [9.17, 15) is 4.79 Å². The first-order valence-corrected chi connectivity index (χ1v) is 7.34. The van der Waals surface area contributed by atoms with Gasteiger partial charge in [-0.1, -0.05) is 0 Å². The zero-order valence-corrected chi connectivity index (χ0v) is 12.5. The highest BCUT2D eigenvalue weighted by Crippen LogP contribution is 2.32. The lowest BCUT2D eigenvalue weighted by Gasteiger charge is -2.35. The molecule has 0 unspecified atom stereocenters. The number of thiazole rings is 1.